The fraction of sp³-hybridized carbons (Fsp3) is 0.200. The Bertz CT molecular complexity index is 1200. The Morgan fingerprint density at radius 2 is 1.85 bits per heavy atom. The highest BCUT2D eigenvalue weighted by Crippen LogP contribution is 2.25. The van der Waals surface area contributed by atoms with Crippen LogP contribution < -0.4 is 5.56 Å². The van der Waals surface area contributed by atoms with Gasteiger partial charge in [0, 0.05) is 6.92 Å². The van der Waals surface area contributed by atoms with Crippen molar-refractivity contribution in [3.63, 3.8) is 0 Å². The van der Waals surface area contributed by atoms with E-state index >= 15 is 0 Å². The number of nitrogens with zero attached hydrogens (tertiary/aromatic N) is 4. The zero-order chi connectivity index (χ0) is 19.0. The van der Waals surface area contributed by atoms with Gasteiger partial charge in [0.1, 0.15) is 0 Å². The predicted octanol–water partition coefficient (Wildman–Crippen LogP) is 3.99. The molecule has 0 saturated carbocycles. The number of hydrogen-bond acceptors (Lipinski definition) is 6. The molecule has 0 unspecified atom stereocenters. The Labute approximate surface area is 160 Å². The van der Waals surface area contributed by atoms with Gasteiger partial charge >= 0.3 is 0 Å². The van der Waals surface area contributed by atoms with Gasteiger partial charge in [-0.2, -0.15) is 0 Å². The monoisotopic (exact) mass is 378 g/mol. The first kappa shape index (κ1) is 17.5. The Morgan fingerprint density at radius 1 is 1.04 bits per heavy atom. The lowest BCUT2D eigenvalue weighted by Crippen LogP contribution is -2.22. The molecule has 0 fully saturated rings. The summed E-state index contributed by atoms with van der Waals surface area (Å²) in [6.07, 6.45) is 0. The zero-order valence-electron chi connectivity index (χ0n) is 15.3. The lowest BCUT2D eigenvalue weighted by Gasteiger charge is -2.14. The van der Waals surface area contributed by atoms with Crippen LogP contribution in [0.1, 0.15) is 22.9 Å². The third-order valence-electron chi connectivity index (χ3n) is 4.39. The average Bonchev–Trinajstić information content (AvgIpc) is 3.08. The fourth-order valence-electron chi connectivity index (χ4n) is 2.82. The van der Waals surface area contributed by atoms with Crippen molar-refractivity contribution in [2.75, 3.05) is 0 Å². The molecule has 6 nitrogen and oxygen atoms in total. The molecule has 0 aliphatic rings. The third-order valence-corrected chi connectivity index (χ3v) is 5.31. The Kier molecular flexibility index (Phi) is 4.53. The SMILES string of the molecule is Cc1nnc(CSc2nc3ccccc3c(=O)n2-c2ccc(C)c(C)c2)o1. The average molecular weight is 378 g/mol. The lowest BCUT2D eigenvalue weighted by molar-refractivity contribution is 0.485. The van der Waals surface area contributed by atoms with Gasteiger partial charge in [-0.1, -0.05) is 30.0 Å². The van der Waals surface area contributed by atoms with Crippen molar-refractivity contribution in [1.29, 1.82) is 0 Å². The molecule has 4 rings (SSSR count). The van der Waals surface area contributed by atoms with E-state index in [-0.39, 0.29) is 5.56 Å². The summed E-state index contributed by atoms with van der Waals surface area (Å²) >= 11 is 1.40. The highest BCUT2D eigenvalue weighted by Gasteiger charge is 2.15. The highest BCUT2D eigenvalue weighted by molar-refractivity contribution is 7.98. The first-order chi connectivity index (χ1) is 13.0. The van der Waals surface area contributed by atoms with Crippen molar-refractivity contribution < 1.29 is 4.42 Å². The zero-order valence-corrected chi connectivity index (χ0v) is 16.1. The molecule has 0 aliphatic heterocycles. The van der Waals surface area contributed by atoms with Crippen molar-refractivity contribution >= 4 is 22.7 Å². The van der Waals surface area contributed by atoms with Crippen LogP contribution >= 0.6 is 11.8 Å². The molecule has 0 spiro atoms. The van der Waals surface area contributed by atoms with Crippen LogP contribution in [0.3, 0.4) is 0 Å². The van der Waals surface area contributed by atoms with E-state index in [2.05, 4.69) is 10.2 Å². The van der Waals surface area contributed by atoms with Gasteiger partial charge < -0.3 is 4.42 Å². The van der Waals surface area contributed by atoms with Gasteiger partial charge in [0.15, 0.2) is 5.16 Å². The van der Waals surface area contributed by atoms with E-state index in [4.69, 9.17) is 9.40 Å². The highest BCUT2D eigenvalue weighted by atomic mass is 32.2. The minimum absolute atomic E-state index is 0.0898. The molecule has 27 heavy (non-hydrogen) atoms. The van der Waals surface area contributed by atoms with E-state index in [0.717, 1.165) is 11.3 Å². The van der Waals surface area contributed by atoms with Gasteiger partial charge in [0.25, 0.3) is 5.56 Å². The quantitative estimate of drug-likeness (QED) is 0.395. The molecular formula is C20H18N4O2S. The van der Waals surface area contributed by atoms with Gasteiger partial charge in [0.05, 0.1) is 22.3 Å². The molecule has 0 amide bonds. The van der Waals surface area contributed by atoms with E-state index in [1.807, 2.05) is 50.2 Å². The fourth-order valence-corrected chi connectivity index (χ4v) is 3.67. The van der Waals surface area contributed by atoms with Crippen LogP contribution in [0.15, 0.2) is 56.8 Å². The van der Waals surface area contributed by atoms with Crippen LogP contribution in [0.25, 0.3) is 16.6 Å². The Morgan fingerprint density at radius 3 is 2.59 bits per heavy atom. The van der Waals surface area contributed by atoms with E-state index in [9.17, 15) is 4.79 Å². The van der Waals surface area contributed by atoms with E-state index in [1.54, 1.807) is 17.6 Å². The molecule has 2 heterocycles. The molecule has 136 valence electrons. The third kappa shape index (κ3) is 3.38. The van der Waals surface area contributed by atoms with Crippen molar-refractivity contribution in [3.05, 3.63) is 75.7 Å². The molecule has 0 bridgehead atoms. The van der Waals surface area contributed by atoms with Gasteiger partial charge in [-0.15, -0.1) is 10.2 Å². The van der Waals surface area contributed by atoms with Gasteiger partial charge in [0.2, 0.25) is 11.8 Å². The van der Waals surface area contributed by atoms with Crippen LogP contribution in [0.5, 0.6) is 0 Å². The summed E-state index contributed by atoms with van der Waals surface area (Å²) in [7, 11) is 0. The number of fused-ring (bicyclic) bond motifs is 1. The minimum Gasteiger partial charge on any atom is -0.425 e. The van der Waals surface area contributed by atoms with Crippen molar-refractivity contribution in [1.82, 2.24) is 19.7 Å². The molecule has 0 radical (unpaired) electrons. The molecular weight excluding hydrogens is 360 g/mol. The molecule has 0 aliphatic carbocycles. The van der Waals surface area contributed by atoms with Crippen LogP contribution in [0, 0.1) is 20.8 Å². The first-order valence-corrected chi connectivity index (χ1v) is 9.52. The molecule has 2 aromatic carbocycles. The first-order valence-electron chi connectivity index (χ1n) is 8.54. The molecule has 2 aromatic heterocycles. The summed E-state index contributed by atoms with van der Waals surface area (Å²) in [5, 5.41) is 9.06. The summed E-state index contributed by atoms with van der Waals surface area (Å²) in [6, 6.07) is 13.4. The molecule has 7 heteroatoms. The van der Waals surface area contributed by atoms with Crippen LogP contribution in [0.2, 0.25) is 0 Å². The maximum atomic E-state index is 13.2. The molecule has 0 atom stereocenters. The number of thioether (sulfide) groups is 1. The van der Waals surface area contributed by atoms with Crippen LogP contribution in [-0.4, -0.2) is 19.7 Å². The van der Waals surface area contributed by atoms with E-state index in [0.29, 0.717) is 33.6 Å². The largest absolute Gasteiger partial charge is 0.425 e. The van der Waals surface area contributed by atoms with Gasteiger partial charge in [-0.05, 0) is 49.2 Å². The van der Waals surface area contributed by atoms with Crippen molar-refractivity contribution in [2.45, 2.75) is 31.7 Å². The molecule has 0 N–H and O–H groups in total. The minimum atomic E-state index is -0.0898. The van der Waals surface area contributed by atoms with Gasteiger partial charge in [-0.3, -0.25) is 9.36 Å². The molecule has 4 aromatic rings. The Hall–Kier alpha value is -2.93. The maximum Gasteiger partial charge on any atom is 0.266 e. The topological polar surface area (TPSA) is 73.8 Å². The standard InChI is InChI=1S/C20H18N4O2S/c1-12-8-9-15(10-13(12)2)24-19(25)16-6-4-5-7-17(16)21-20(24)27-11-18-23-22-14(3)26-18/h4-10H,11H2,1-3H3. The molecule has 0 saturated heterocycles. The summed E-state index contributed by atoms with van der Waals surface area (Å²) in [5.74, 6) is 1.46. The second-order valence-electron chi connectivity index (χ2n) is 6.32. The predicted molar refractivity (Wildman–Crippen MR) is 105 cm³/mol. The summed E-state index contributed by atoms with van der Waals surface area (Å²) in [5.41, 5.74) is 3.68. The summed E-state index contributed by atoms with van der Waals surface area (Å²) < 4.78 is 7.10. The van der Waals surface area contributed by atoms with Gasteiger partial charge in [-0.25, -0.2) is 4.98 Å². The number of rotatable bonds is 4. The van der Waals surface area contributed by atoms with Crippen molar-refractivity contribution in [2.24, 2.45) is 0 Å². The normalized spacial score (nSPS) is 11.2. The number of hydrogen-bond donors (Lipinski definition) is 0. The summed E-state index contributed by atoms with van der Waals surface area (Å²) in [6.45, 7) is 5.83. The van der Waals surface area contributed by atoms with Crippen LogP contribution in [0.4, 0.5) is 0 Å². The van der Waals surface area contributed by atoms with Crippen molar-refractivity contribution in [3.8, 4) is 5.69 Å². The second kappa shape index (κ2) is 7.00. The summed E-state index contributed by atoms with van der Waals surface area (Å²) in [4.78, 5) is 17.9. The lowest BCUT2D eigenvalue weighted by atomic mass is 10.1. The van der Waals surface area contributed by atoms with E-state index in [1.165, 1.54) is 17.3 Å². The smallest absolute Gasteiger partial charge is 0.266 e. The number of aryl methyl sites for hydroxylation is 3. The maximum absolute atomic E-state index is 13.2. The van der Waals surface area contributed by atoms with E-state index < -0.39 is 0 Å². The van der Waals surface area contributed by atoms with Crippen LogP contribution in [-0.2, 0) is 5.75 Å². The number of aromatic nitrogens is 4. The Balaban J connectivity index is 1.86. The second-order valence-corrected chi connectivity index (χ2v) is 7.27. The number of benzene rings is 2. The number of para-hydroxylation sites is 1.